The highest BCUT2D eigenvalue weighted by Gasteiger charge is 2.42. The minimum Gasteiger partial charge on any atom is -0.337 e. The van der Waals surface area contributed by atoms with Gasteiger partial charge in [0.2, 0.25) is 0 Å². The first-order chi connectivity index (χ1) is 18.7. The molecule has 4 aromatic rings. The van der Waals surface area contributed by atoms with Crippen molar-refractivity contribution >= 4 is 17.5 Å². The lowest BCUT2D eigenvalue weighted by Crippen LogP contribution is -2.49. The lowest BCUT2D eigenvalue weighted by atomic mass is 9.79. The first-order valence-corrected chi connectivity index (χ1v) is 11.8. The number of pyridine rings is 1. The van der Waals surface area contributed by atoms with Crippen molar-refractivity contribution in [2.45, 2.75) is 24.3 Å². The van der Waals surface area contributed by atoms with E-state index in [0.29, 0.717) is 17.7 Å². The molecule has 0 spiro atoms. The van der Waals surface area contributed by atoms with Crippen LogP contribution in [-0.2, 0) is 24.3 Å². The van der Waals surface area contributed by atoms with Crippen LogP contribution in [0, 0.1) is 11.6 Å². The molecule has 0 aliphatic carbocycles. The lowest BCUT2D eigenvalue weighted by Gasteiger charge is -2.36. The van der Waals surface area contributed by atoms with Gasteiger partial charge in [0.25, 0.3) is 5.91 Å². The maximum atomic E-state index is 14.7. The molecule has 0 saturated heterocycles. The third-order valence-corrected chi connectivity index (χ3v) is 6.28. The zero-order valence-electron chi connectivity index (χ0n) is 20.0. The Bertz CT molecular complexity index is 1520. The Morgan fingerprint density at radius 2 is 1.48 bits per heavy atom. The van der Waals surface area contributed by atoms with E-state index in [2.05, 4.69) is 10.3 Å². The van der Waals surface area contributed by atoms with Crippen molar-refractivity contribution in [3.63, 3.8) is 0 Å². The zero-order chi connectivity index (χ0) is 29.3. The number of halogens is 9. The van der Waals surface area contributed by atoms with E-state index in [0.717, 1.165) is 18.3 Å². The summed E-state index contributed by atoms with van der Waals surface area (Å²) < 4.78 is 110. The molecule has 0 aliphatic heterocycles. The van der Waals surface area contributed by atoms with Crippen molar-refractivity contribution in [1.29, 1.82) is 0 Å². The van der Waals surface area contributed by atoms with Gasteiger partial charge in [0.05, 0.1) is 21.8 Å². The number of amides is 1. The van der Waals surface area contributed by atoms with Gasteiger partial charge in [-0.1, -0.05) is 41.9 Å². The van der Waals surface area contributed by atoms with Crippen LogP contribution in [0.4, 0.5) is 35.1 Å². The molecule has 0 unspecified atom stereocenters. The van der Waals surface area contributed by atoms with Crippen LogP contribution in [0.25, 0.3) is 0 Å². The van der Waals surface area contributed by atoms with Gasteiger partial charge in [-0.05, 0) is 59.7 Å². The summed E-state index contributed by atoms with van der Waals surface area (Å²) in [6.45, 7) is 0. The number of hydrogen-bond acceptors (Lipinski definition) is 2. The summed E-state index contributed by atoms with van der Waals surface area (Å²) in [7, 11) is 0. The van der Waals surface area contributed by atoms with Gasteiger partial charge in [0.15, 0.2) is 0 Å². The van der Waals surface area contributed by atoms with Crippen LogP contribution in [-0.4, -0.2) is 10.9 Å². The summed E-state index contributed by atoms with van der Waals surface area (Å²) in [5, 5.41) is 2.61. The molecule has 0 radical (unpaired) electrons. The molecule has 1 atom stereocenters. The summed E-state index contributed by atoms with van der Waals surface area (Å²) in [4.78, 5) is 17.6. The minimum absolute atomic E-state index is 0.0917. The second-order valence-corrected chi connectivity index (χ2v) is 9.24. The molecule has 4 rings (SSSR count). The standard InChI is InChI=1S/C28H17ClF8N2O/c29-20-7-9-24(38-15-20)26(14-16-4-2-1-3-5-16,18-11-19(27(32,33)34)13-21(30)12-18)39-25(40)17-6-8-23(31)22(10-17)28(35,36)37/h1-13,15H,14H2,(H,39,40)/t26-/m1/s1. The van der Waals surface area contributed by atoms with Crippen molar-refractivity contribution in [2.75, 3.05) is 0 Å². The number of hydrogen-bond donors (Lipinski definition) is 1. The van der Waals surface area contributed by atoms with Crippen LogP contribution in [0.3, 0.4) is 0 Å². The van der Waals surface area contributed by atoms with Crippen LogP contribution < -0.4 is 5.32 Å². The Hall–Kier alpha value is -3.99. The Morgan fingerprint density at radius 3 is 2.08 bits per heavy atom. The van der Waals surface area contributed by atoms with Crippen LogP contribution in [0.15, 0.2) is 85.1 Å². The number of carbonyl (C=O) groups excluding carboxylic acids is 1. The Morgan fingerprint density at radius 1 is 0.800 bits per heavy atom. The maximum absolute atomic E-state index is 14.7. The molecule has 1 amide bonds. The Balaban J connectivity index is 1.98. The van der Waals surface area contributed by atoms with E-state index in [4.69, 9.17) is 11.6 Å². The molecule has 0 aliphatic rings. The van der Waals surface area contributed by atoms with Crippen molar-refractivity contribution in [2.24, 2.45) is 0 Å². The summed E-state index contributed by atoms with van der Waals surface area (Å²) in [6, 6.07) is 13.8. The third-order valence-electron chi connectivity index (χ3n) is 6.06. The third kappa shape index (κ3) is 6.25. The van der Waals surface area contributed by atoms with Gasteiger partial charge < -0.3 is 5.32 Å². The highest BCUT2D eigenvalue weighted by molar-refractivity contribution is 6.30. The van der Waals surface area contributed by atoms with Crippen molar-refractivity contribution < 1.29 is 39.9 Å². The second-order valence-electron chi connectivity index (χ2n) is 8.80. The first kappa shape index (κ1) is 29.0. The van der Waals surface area contributed by atoms with Crippen LogP contribution in [0.2, 0.25) is 5.02 Å². The number of rotatable bonds is 6. The van der Waals surface area contributed by atoms with Crippen molar-refractivity contribution in [3.8, 4) is 0 Å². The fraction of sp³-hybridized carbons (Fsp3) is 0.143. The molecule has 0 fully saturated rings. The van der Waals surface area contributed by atoms with Crippen molar-refractivity contribution in [1.82, 2.24) is 10.3 Å². The summed E-state index contributed by atoms with van der Waals surface area (Å²) in [5.41, 5.74) is -5.83. The zero-order valence-corrected chi connectivity index (χ0v) is 20.8. The number of alkyl halides is 6. The van der Waals surface area contributed by atoms with Crippen LogP contribution in [0.5, 0.6) is 0 Å². The van der Waals surface area contributed by atoms with Gasteiger partial charge in [0, 0.05) is 18.2 Å². The van der Waals surface area contributed by atoms with Gasteiger partial charge in [-0.25, -0.2) is 8.78 Å². The highest BCUT2D eigenvalue weighted by atomic mass is 35.5. The Kier molecular flexibility index (Phi) is 7.89. The number of benzene rings is 3. The molecular weight excluding hydrogens is 568 g/mol. The number of nitrogens with zero attached hydrogens (tertiary/aromatic N) is 1. The number of carbonyl (C=O) groups is 1. The quantitative estimate of drug-likeness (QED) is 0.234. The maximum Gasteiger partial charge on any atom is 0.419 e. The van der Waals surface area contributed by atoms with E-state index < -0.39 is 57.7 Å². The molecule has 0 bridgehead atoms. The lowest BCUT2D eigenvalue weighted by molar-refractivity contribution is -0.140. The summed E-state index contributed by atoms with van der Waals surface area (Å²) >= 11 is 5.95. The van der Waals surface area contributed by atoms with Gasteiger partial charge in [-0.3, -0.25) is 9.78 Å². The smallest absolute Gasteiger partial charge is 0.337 e. The number of nitrogens with one attached hydrogen (secondary N) is 1. The van der Waals surface area contributed by atoms with E-state index in [9.17, 15) is 39.9 Å². The topological polar surface area (TPSA) is 42.0 Å². The average molecular weight is 585 g/mol. The molecular formula is C28H17ClF8N2O. The van der Waals surface area contributed by atoms with E-state index in [1.807, 2.05) is 0 Å². The molecule has 1 heterocycles. The first-order valence-electron chi connectivity index (χ1n) is 11.4. The van der Waals surface area contributed by atoms with E-state index >= 15 is 0 Å². The fourth-order valence-electron chi connectivity index (χ4n) is 4.20. The largest absolute Gasteiger partial charge is 0.419 e. The predicted molar refractivity (Wildman–Crippen MR) is 130 cm³/mol. The minimum atomic E-state index is -5.14. The SMILES string of the molecule is O=C(N[C@](Cc1ccccc1)(c1cc(F)cc(C(F)(F)F)c1)c1ccc(Cl)cn1)c1ccc(F)c(C(F)(F)F)c1. The van der Waals surface area contributed by atoms with E-state index in [1.54, 1.807) is 30.3 Å². The molecule has 40 heavy (non-hydrogen) atoms. The summed E-state index contributed by atoms with van der Waals surface area (Å²) in [5.74, 6) is -4.12. The monoisotopic (exact) mass is 584 g/mol. The van der Waals surface area contributed by atoms with Gasteiger partial charge in [-0.2, -0.15) is 26.3 Å². The summed E-state index contributed by atoms with van der Waals surface area (Å²) in [6.07, 6.45) is -9.27. The number of aromatic nitrogens is 1. The highest BCUT2D eigenvalue weighted by Crippen LogP contribution is 2.38. The molecule has 3 nitrogen and oxygen atoms in total. The van der Waals surface area contributed by atoms with Crippen molar-refractivity contribution in [3.05, 3.63) is 135 Å². The molecule has 1 aromatic heterocycles. The molecule has 1 N–H and O–H groups in total. The van der Waals surface area contributed by atoms with Gasteiger partial charge >= 0.3 is 12.4 Å². The van der Waals surface area contributed by atoms with Crippen LogP contribution >= 0.6 is 11.6 Å². The molecule has 0 saturated carbocycles. The second kappa shape index (κ2) is 10.9. The van der Waals surface area contributed by atoms with Gasteiger partial charge in [-0.15, -0.1) is 0 Å². The fourth-order valence-corrected chi connectivity index (χ4v) is 4.31. The van der Waals surface area contributed by atoms with Crippen LogP contribution in [0.1, 0.15) is 38.3 Å². The normalized spacial score (nSPS) is 13.5. The average Bonchev–Trinajstić information content (AvgIpc) is 2.88. The molecule has 12 heteroatoms. The molecule has 208 valence electrons. The molecule has 3 aromatic carbocycles. The van der Waals surface area contributed by atoms with E-state index in [1.165, 1.54) is 12.1 Å². The van der Waals surface area contributed by atoms with Gasteiger partial charge in [0.1, 0.15) is 17.2 Å². The Labute approximate surface area is 227 Å². The predicted octanol–water partition coefficient (Wildman–Crippen LogP) is 7.97. The van der Waals surface area contributed by atoms with E-state index in [-0.39, 0.29) is 29.3 Å².